The molecule has 18 heteroatoms. The molecule has 2 bridgehead atoms. The van der Waals surface area contributed by atoms with Crippen molar-refractivity contribution < 1.29 is 37.5 Å². The molecule has 5 amide bonds. The van der Waals surface area contributed by atoms with Gasteiger partial charge in [0.05, 0.1) is 40.2 Å². The first-order valence-corrected chi connectivity index (χ1v) is 20.6. The SMILES string of the molecule is COc1cc2ncnc(Nc3ccc(F)c(Cl)c3)c2cc1NC(=O)/C=C/CN1CCC(CN2C3CC2CN(c2cc4c(cc2F)C(=O)N(C2CCC(=O)NC2=O)C4=O)C3)CC1. The highest BCUT2D eigenvalue weighted by Gasteiger charge is 2.48. The smallest absolute Gasteiger partial charge is 0.262 e. The van der Waals surface area contributed by atoms with Crippen LogP contribution >= 0.6 is 11.6 Å². The van der Waals surface area contributed by atoms with E-state index < -0.39 is 41.3 Å². The maximum atomic E-state index is 15.6. The molecule has 15 nitrogen and oxygen atoms in total. The van der Waals surface area contributed by atoms with E-state index in [-0.39, 0.29) is 52.7 Å². The highest BCUT2D eigenvalue weighted by molar-refractivity contribution is 6.31. The molecule has 4 aromatic rings. The minimum atomic E-state index is -1.11. The third-order valence-corrected chi connectivity index (χ3v) is 12.7. The van der Waals surface area contributed by atoms with E-state index in [0.717, 1.165) is 49.9 Å². The average molecular weight is 854 g/mol. The number of piperazine rings is 1. The number of carbonyl (C=O) groups excluding carboxylic acids is 5. The van der Waals surface area contributed by atoms with Crippen LogP contribution in [0.15, 0.2) is 60.9 Å². The summed E-state index contributed by atoms with van der Waals surface area (Å²) in [7, 11) is 1.51. The molecule has 3 unspecified atom stereocenters. The van der Waals surface area contributed by atoms with Gasteiger partial charge in [0.2, 0.25) is 17.7 Å². The third kappa shape index (κ3) is 7.88. The molecule has 10 rings (SSSR count). The summed E-state index contributed by atoms with van der Waals surface area (Å²) >= 11 is 5.96. The maximum Gasteiger partial charge on any atom is 0.262 e. The quantitative estimate of drug-likeness (QED) is 0.138. The summed E-state index contributed by atoms with van der Waals surface area (Å²) in [6, 6.07) is 9.61. The number of nitrogens with one attached hydrogen (secondary N) is 3. The zero-order chi connectivity index (χ0) is 42.5. The third-order valence-electron chi connectivity index (χ3n) is 12.4. The molecule has 5 saturated heterocycles. The van der Waals surface area contributed by atoms with Crippen LogP contribution in [0.1, 0.15) is 52.8 Å². The van der Waals surface area contributed by atoms with E-state index in [9.17, 15) is 28.4 Å². The van der Waals surface area contributed by atoms with E-state index in [0.29, 0.717) is 59.4 Å². The number of imide groups is 2. The summed E-state index contributed by atoms with van der Waals surface area (Å²) in [5.41, 5.74) is 1.82. The Bertz CT molecular complexity index is 2500. The minimum Gasteiger partial charge on any atom is -0.494 e. The summed E-state index contributed by atoms with van der Waals surface area (Å²) in [6.07, 6.45) is 7.83. The Morgan fingerprint density at radius 3 is 2.44 bits per heavy atom. The number of nitrogens with zero attached hydrogens (tertiary/aromatic N) is 6. The lowest BCUT2D eigenvalue weighted by atomic mass is 9.84. The number of anilines is 4. The van der Waals surface area contributed by atoms with Gasteiger partial charge in [0.1, 0.15) is 35.6 Å². The van der Waals surface area contributed by atoms with Crippen LogP contribution in [-0.4, -0.2) is 119 Å². The Hall–Kier alpha value is -6.04. The van der Waals surface area contributed by atoms with Crippen LogP contribution in [0.4, 0.5) is 31.7 Å². The minimum absolute atomic E-state index is 0.0103. The van der Waals surface area contributed by atoms with E-state index in [1.807, 2.05) is 11.0 Å². The summed E-state index contributed by atoms with van der Waals surface area (Å²) in [5, 5.41) is 8.80. The van der Waals surface area contributed by atoms with Gasteiger partial charge in [-0.15, -0.1) is 0 Å². The molecule has 1 aromatic heterocycles. The summed E-state index contributed by atoms with van der Waals surface area (Å²) in [4.78, 5) is 80.0. The van der Waals surface area contributed by atoms with Crippen molar-refractivity contribution in [2.24, 2.45) is 5.92 Å². The number of carbonyl (C=O) groups is 5. The molecule has 7 heterocycles. The van der Waals surface area contributed by atoms with Crippen molar-refractivity contribution in [2.45, 2.75) is 50.2 Å². The average Bonchev–Trinajstić information content (AvgIpc) is 3.48. The number of halogens is 3. The predicted molar refractivity (Wildman–Crippen MR) is 222 cm³/mol. The predicted octanol–water partition coefficient (Wildman–Crippen LogP) is 4.88. The molecule has 0 aliphatic carbocycles. The number of piperidine rings is 3. The first-order valence-electron chi connectivity index (χ1n) is 20.2. The molecule has 61 heavy (non-hydrogen) atoms. The molecule has 3 N–H and O–H groups in total. The van der Waals surface area contributed by atoms with Crippen LogP contribution in [0.2, 0.25) is 5.02 Å². The van der Waals surface area contributed by atoms with Crippen molar-refractivity contribution >= 4 is 74.9 Å². The van der Waals surface area contributed by atoms with Gasteiger partial charge in [-0.05, 0) is 81.1 Å². The standard InChI is InChI=1S/C43H42ClF2N9O6/c1-61-37-18-33-29(40(48-22-47-33)49-24-4-5-31(45)30(44)13-24)16-34(37)50-38(56)3-2-10-52-11-8-23(9-12-52)19-54-25-14-26(54)21-53(20-25)36-17-28-27(15-32(36)46)42(59)55(43(28)60)35-6-7-39(57)51-41(35)58/h2-5,13,15-18,22-23,25-26,35H,6-12,14,19-21H2,1H3,(H,50,56)(H,47,48,49)(H,51,57,58)/b3-2+. The molecule has 3 atom stereocenters. The highest BCUT2D eigenvalue weighted by atomic mass is 35.5. The zero-order valence-electron chi connectivity index (χ0n) is 33.1. The molecule has 0 saturated carbocycles. The number of hydrogen-bond acceptors (Lipinski definition) is 12. The Kier molecular flexibility index (Phi) is 10.9. The van der Waals surface area contributed by atoms with Crippen LogP contribution in [0.5, 0.6) is 5.75 Å². The lowest BCUT2D eigenvalue weighted by molar-refractivity contribution is -0.136. The highest BCUT2D eigenvalue weighted by Crippen LogP contribution is 2.40. The fourth-order valence-corrected chi connectivity index (χ4v) is 9.38. The molecule has 6 aliphatic rings. The second-order valence-corrected chi connectivity index (χ2v) is 16.5. The Morgan fingerprint density at radius 2 is 1.72 bits per heavy atom. The maximum absolute atomic E-state index is 15.6. The van der Waals surface area contributed by atoms with E-state index >= 15 is 4.39 Å². The topological polar surface area (TPSA) is 169 Å². The number of rotatable bonds is 11. The molecule has 6 aliphatic heterocycles. The van der Waals surface area contributed by atoms with Gasteiger partial charge in [0.15, 0.2) is 0 Å². The fraction of sp³-hybridized carbons (Fsp3) is 0.372. The van der Waals surface area contributed by atoms with Gasteiger partial charge in [-0.1, -0.05) is 17.7 Å². The Balaban J connectivity index is 0.755. The van der Waals surface area contributed by atoms with Crippen molar-refractivity contribution in [3.05, 3.63) is 88.7 Å². The zero-order valence-corrected chi connectivity index (χ0v) is 33.9. The van der Waals surface area contributed by atoms with E-state index in [4.69, 9.17) is 16.3 Å². The lowest BCUT2D eigenvalue weighted by Crippen LogP contribution is -2.69. The van der Waals surface area contributed by atoms with Crippen molar-refractivity contribution in [3.8, 4) is 5.75 Å². The number of benzene rings is 3. The van der Waals surface area contributed by atoms with Gasteiger partial charge in [0.25, 0.3) is 11.8 Å². The van der Waals surface area contributed by atoms with Crippen LogP contribution < -0.4 is 25.6 Å². The van der Waals surface area contributed by atoms with Crippen molar-refractivity contribution in [1.82, 2.24) is 30.0 Å². The normalized spacial score (nSPS) is 22.1. The lowest BCUT2D eigenvalue weighted by Gasteiger charge is -2.58. The molecule has 0 radical (unpaired) electrons. The first kappa shape index (κ1) is 40.4. The summed E-state index contributed by atoms with van der Waals surface area (Å²) in [5.74, 6) is -2.61. The second kappa shape index (κ2) is 16.4. The van der Waals surface area contributed by atoms with Gasteiger partial charge in [-0.3, -0.25) is 44.0 Å². The van der Waals surface area contributed by atoms with Gasteiger partial charge in [0, 0.05) is 67.9 Å². The number of ether oxygens (including phenoxy) is 1. The van der Waals surface area contributed by atoms with Crippen molar-refractivity contribution in [1.29, 1.82) is 0 Å². The van der Waals surface area contributed by atoms with Crippen LogP contribution in [0.25, 0.3) is 10.9 Å². The Morgan fingerprint density at radius 1 is 0.967 bits per heavy atom. The van der Waals surface area contributed by atoms with Gasteiger partial charge >= 0.3 is 0 Å². The van der Waals surface area contributed by atoms with E-state index in [2.05, 4.69) is 35.7 Å². The largest absolute Gasteiger partial charge is 0.494 e. The van der Waals surface area contributed by atoms with Crippen molar-refractivity contribution in [2.75, 3.05) is 61.9 Å². The van der Waals surface area contributed by atoms with Gasteiger partial charge in [-0.2, -0.15) is 0 Å². The number of methoxy groups -OCH3 is 1. The number of hydrogen-bond donors (Lipinski definition) is 3. The van der Waals surface area contributed by atoms with Crippen LogP contribution in [-0.2, 0) is 14.4 Å². The van der Waals surface area contributed by atoms with Gasteiger partial charge < -0.3 is 20.3 Å². The summed E-state index contributed by atoms with van der Waals surface area (Å²) < 4.78 is 34.8. The Labute approximate surface area is 354 Å². The molecule has 3 aromatic carbocycles. The second-order valence-electron chi connectivity index (χ2n) is 16.1. The molecular weight excluding hydrogens is 812 g/mol. The number of aromatic nitrogens is 2. The molecule has 0 spiro atoms. The van der Waals surface area contributed by atoms with E-state index in [1.54, 1.807) is 18.2 Å². The molecule has 5 fully saturated rings. The summed E-state index contributed by atoms with van der Waals surface area (Å²) in [6.45, 7) is 4.54. The molecule has 316 valence electrons. The number of likely N-dealkylation sites (tertiary alicyclic amines) is 1. The van der Waals surface area contributed by atoms with Crippen molar-refractivity contribution in [3.63, 3.8) is 0 Å². The fourth-order valence-electron chi connectivity index (χ4n) is 9.20. The van der Waals surface area contributed by atoms with Crippen LogP contribution in [0.3, 0.4) is 0 Å². The van der Waals surface area contributed by atoms with Gasteiger partial charge in [-0.25, -0.2) is 18.7 Å². The van der Waals surface area contributed by atoms with Crippen LogP contribution in [0, 0.1) is 17.6 Å². The molecular formula is C43H42ClF2N9O6. The van der Waals surface area contributed by atoms with E-state index in [1.165, 1.54) is 37.7 Å². The number of amides is 5. The first-order chi connectivity index (χ1) is 29.4. The number of fused-ring (bicyclic) bond motifs is 4. The monoisotopic (exact) mass is 853 g/mol.